The number of carbonyl (C=O) groups excluding carboxylic acids is 1. The highest BCUT2D eigenvalue weighted by atomic mass is 16.6. The van der Waals surface area contributed by atoms with Crippen LogP contribution in [0.5, 0.6) is 0 Å². The second kappa shape index (κ2) is 5.57. The van der Waals surface area contributed by atoms with Crippen molar-refractivity contribution in [1.29, 1.82) is 0 Å². The molecule has 0 spiro atoms. The van der Waals surface area contributed by atoms with Gasteiger partial charge < -0.3 is 15.8 Å². The molecule has 0 aromatic carbocycles. The highest BCUT2D eigenvalue weighted by Crippen LogP contribution is 2.09. The third kappa shape index (κ3) is 4.90. The Morgan fingerprint density at radius 2 is 2.28 bits per heavy atom. The zero-order valence-electron chi connectivity index (χ0n) is 11.2. The summed E-state index contributed by atoms with van der Waals surface area (Å²) >= 11 is 0. The first-order valence-corrected chi connectivity index (χ1v) is 5.70. The molecule has 1 aromatic heterocycles. The Morgan fingerprint density at radius 1 is 1.61 bits per heavy atom. The van der Waals surface area contributed by atoms with Crippen molar-refractivity contribution in [2.24, 2.45) is 7.05 Å². The van der Waals surface area contributed by atoms with Crippen molar-refractivity contribution in [2.75, 3.05) is 12.3 Å². The number of anilines is 1. The Kier molecular flexibility index (Phi) is 4.36. The molecule has 6 heteroatoms. The predicted octanol–water partition coefficient (Wildman–Crippen LogP) is 1.54. The second-order valence-corrected chi connectivity index (χ2v) is 4.93. The Morgan fingerprint density at radius 3 is 2.78 bits per heavy atom. The zero-order chi connectivity index (χ0) is 13.8. The molecule has 0 fully saturated rings. The van der Waals surface area contributed by atoms with Crippen molar-refractivity contribution in [3.05, 3.63) is 17.8 Å². The first-order valence-electron chi connectivity index (χ1n) is 5.70. The number of carbonyl (C=O) groups is 1. The average Bonchev–Trinajstić information content (AvgIpc) is 2.49. The minimum absolute atomic E-state index is 0.378. The molecule has 0 radical (unpaired) electrons. The molecule has 0 aliphatic heterocycles. The van der Waals surface area contributed by atoms with Crippen LogP contribution in [0.3, 0.4) is 0 Å². The molecule has 0 aliphatic carbocycles. The number of aryl methyl sites for hydroxylation is 1. The molecule has 0 bridgehead atoms. The van der Waals surface area contributed by atoms with Gasteiger partial charge in [0.25, 0.3) is 0 Å². The summed E-state index contributed by atoms with van der Waals surface area (Å²) in [5.41, 5.74) is 6.01. The van der Waals surface area contributed by atoms with E-state index in [0.717, 1.165) is 5.56 Å². The SMILES string of the molecule is Cn1cc(C=CCNC(=O)OC(C)(C)C)c(N)n1. The fourth-order valence-electron chi connectivity index (χ4n) is 1.29. The van der Waals surface area contributed by atoms with Crippen LogP contribution in [0.2, 0.25) is 0 Å². The highest BCUT2D eigenvalue weighted by Gasteiger charge is 2.14. The summed E-state index contributed by atoms with van der Waals surface area (Å²) in [6.07, 6.45) is 4.96. The van der Waals surface area contributed by atoms with E-state index in [4.69, 9.17) is 10.5 Å². The lowest BCUT2D eigenvalue weighted by molar-refractivity contribution is 0.0534. The lowest BCUT2D eigenvalue weighted by Gasteiger charge is -2.19. The first kappa shape index (κ1) is 14.1. The van der Waals surface area contributed by atoms with E-state index >= 15 is 0 Å². The van der Waals surface area contributed by atoms with Crippen molar-refractivity contribution in [3.8, 4) is 0 Å². The molecule has 0 unspecified atom stereocenters. The quantitative estimate of drug-likeness (QED) is 0.854. The number of alkyl carbamates (subject to hydrolysis) is 1. The van der Waals surface area contributed by atoms with E-state index in [1.54, 1.807) is 30.1 Å². The predicted molar refractivity (Wildman–Crippen MR) is 70.9 cm³/mol. The number of nitrogens with one attached hydrogen (secondary N) is 1. The molecule has 0 atom stereocenters. The van der Waals surface area contributed by atoms with Crippen LogP contribution < -0.4 is 11.1 Å². The molecule has 1 heterocycles. The van der Waals surface area contributed by atoms with Crippen LogP contribution in [0, 0.1) is 0 Å². The smallest absolute Gasteiger partial charge is 0.407 e. The number of rotatable bonds is 3. The van der Waals surface area contributed by atoms with Crippen LogP contribution in [-0.4, -0.2) is 28.0 Å². The van der Waals surface area contributed by atoms with Gasteiger partial charge in [0, 0.05) is 25.4 Å². The molecule has 100 valence electrons. The summed E-state index contributed by atoms with van der Waals surface area (Å²) in [4.78, 5) is 11.3. The molecular formula is C12H20N4O2. The molecule has 6 nitrogen and oxygen atoms in total. The van der Waals surface area contributed by atoms with Crippen molar-refractivity contribution in [2.45, 2.75) is 26.4 Å². The van der Waals surface area contributed by atoms with Crippen LogP contribution in [-0.2, 0) is 11.8 Å². The maximum absolute atomic E-state index is 11.3. The largest absolute Gasteiger partial charge is 0.444 e. The first-order chi connectivity index (χ1) is 8.28. The molecule has 3 N–H and O–H groups in total. The number of hydrogen-bond acceptors (Lipinski definition) is 4. The number of nitrogen functional groups attached to an aromatic ring is 1. The van der Waals surface area contributed by atoms with Crippen LogP contribution in [0.4, 0.5) is 10.6 Å². The van der Waals surface area contributed by atoms with Crippen molar-refractivity contribution in [3.63, 3.8) is 0 Å². The third-order valence-electron chi connectivity index (χ3n) is 1.95. The normalized spacial score (nSPS) is 11.8. The number of aromatic nitrogens is 2. The number of amides is 1. The molecular weight excluding hydrogens is 232 g/mol. The van der Waals surface area contributed by atoms with E-state index in [2.05, 4.69) is 10.4 Å². The lowest BCUT2D eigenvalue weighted by atomic mass is 10.2. The van der Waals surface area contributed by atoms with Gasteiger partial charge in [-0.25, -0.2) is 4.79 Å². The van der Waals surface area contributed by atoms with E-state index in [1.807, 2.05) is 20.8 Å². The van der Waals surface area contributed by atoms with Gasteiger partial charge in [0.1, 0.15) is 5.60 Å². The summed E-state index contributed by atoms with van der Waals surface area (Å²) in [7, 11) is 1.80. The van der Waals surface area contributed by atoms with Gasteiger partial charge in [-0.15, -0.1) is 0 Å². The summed E-state index contributed by atoms with van der Waals surface area (Å²) < 4.78 is 6.73. The fraction of sp³-hybridized carbons (Fsp3) is 0.500. The van der Waals surface area contributed by atoms with Crippen molar-refractivity contribution < 1.29 is 9.53 Å². The molecule has 0 aliphatic rings. The average molecular weight is 252 g/mol. The van der Waals surface area contributed by atoms with Crippen LogP contribution in [0.25, 0.3) is 6.08 Å². The van der Waals surface area contributed by atoms with Gasteiger partial charge in [0.2, 0.25) is 0 Å². The van der Waals surface area contributed by atoms with Crippen molar-refractivity contribution in [1.82, 2.24) is 15.1 Å². The monoisotopic (exact) mass is 252 g/mol. The van der Waals surface area contributed by atoms with Gasteiger partial charge in [0.05, 0.1) is 0 Å². The van der Waals surface area contributed by atoms with E-state index in [0.29, 0.717) is 12.4 Å². The second-order valence-electron chi connectivity index (χ2n) is 4.93. The Bertz CT molecular complexity index is 443. The lowest BCUT2D eigenvalue weighted by Crippen LogP contribution is -2.32. The maximum atomic E-state index is 11.3. The van der Waals surface area contributed by atoms with Gasteiger partial charge >= 0.3 is 6.09 Å². The summed E-state index contributed by atoms with van der Waals surface area (Å²) in [5.74, 6) is 0.464. The third-order valence-corrected chi connectivity index (χ3v) is 1.95. The van der Waals surface area contributed by atoms with E-state index in [1.165, 1.54) is 0 Å². The Balaban J connectivity index is 2.38. The van der Waals surface area contributed by atoms with Gasteiger partial charge in [-0.2, -0.15) is 5.10 Å². The minimum atomic E-state index is -0.485. The maximum Gasteiger partial charge on any atom is 0.407 e. The molecule has 0 saturated heterocycles. The van der Waals surface area contributed by atoms with Gasteiger partial charge in [-0.05, 0) is 20.8 Å². The molecule has 1 amide bonds. The summed E-state index contributed by atoms with van der Waals surface area (Å²) in [6, 6.07) is 0. The van der Waals surface area contributed by atoms with E-state index < -0.39 is 11.7 Å². The van der Waals surface area contributed by atoms with Gasteiger partial charge in [0.15, 0.2) is 5.82 Å². The van der Waals surface area contributed by atoms with Crippen LogP contribution >= 0.6 is 0 Å². The molecule has 18 heavy (non-hydrogen) atoms. The number of nitrogens with zero attached hydrogens (tertiary/aromatic N) is 2. The molecule has 0 saturated carbocycles. The summed E-state index contributed by atoms with van der Waals surface area (Å²) in [6.45, 7) is 5.83. The Hall–Kier alpha value is -1.98. The number of nitrogens with two attached hydrogens (primary N) is 1. The number of ether oxygens (including phenoxy) is 1. The molecule has 1 aromatic rings. The number of hydrogen-bond donors (Lipinski definition) is 2. The summed E-state index contributed by atoms with van der Waals surface area (Å²) in [5, 5.41) is 6.62. The highest BCUT2D eigenvalue weighted by molar-refractivity contribution is 5.68. The fourth-order valence-corrected chi connectivity index (χ4v) is 1.29. The standard InChI is InChI=1S/C12H20N4O2/c1-12(2,3)18-11(17)14-7-5-6-9-8-16(4)15-10(9)13/h5-6,8H,7H2,1-4H3,(H2,13,15)(H,14,17). The topological polar surface area (TPSA) is 82.2 Å². The van der Waals surface area contributed by atoms with Crippen LogP contribution in [0.1, 0.15) is 26.3 Å². The zero-order valence-corrected chi connectivity index (χ0v) is 11.2. The van der Waals surface area contributed by atoms with Crippen LogP contribution in [0.15, 0.2) is 12.3 Å². The van der Waals surface area contributed by atoms with Crippen molar-refractivity contribution >= 4 is 18.0 Å². The minimum Gasteiger partial charge on any atom is -0.444 e. The van der Waals surface area contributed by atoms with E-state index in [-0.39, 0.29) is 0 Å². The van der Waals surface area contributed by atoms with E-state index in [9.17, 15) is 4.79 Å². The van der Waals surface area contributed by atoms with Gasteiger partial charge in [-0.1, -0.05) is 12.2 Å². The van der Waals surface area contributed by atoms with Gasteiger partial charge in [-0.3, -0.25) is 4.68 Å². The molecule has 1 rings (SSSR count). The Labute approximate surface area is 107 Å².